The van der Waals surface area contributed by atoms with E-state index in [4.69, 9.17) is 4.74 Å². The lowest BCUT2D eigenvalue weighted by Gasteiger charge is -2.12. The minimum atomic E-state index is -0.205. The molecule has 0 aliphatic heterocycles. The van der Waals surface area contributed by atoms with Crippen LogP contribution in [0.25, 0.3) is 0 Å². The first-order chi connectivity index (χ1) is 11.5. The van der Waals surface area contributed by atoms with E-state index in [-0.39, 0.29) is 11.8 Å². The predicted molar refractivity (Wildman–Crippen MR) is 93.2 cm³/mol. The largest absolute Gasteiger partial charge is 0.493 e. The third-order valence-electron chi connectivity index (χ3n) is 3.46. The summed E-state index contributed by atoms with van der Waals surface area (Å²) in [7, 11) is 3.42. The summed E-state index contributed by atoms with van der Waals surface area (Å²) < 4.78 is 5.48. The van der Waals surface area contributed by atoms with Crippen LogP contribution in [0, 0.1) is 0 Å². The number of nitrogens with one attached hydrogen (secondary N) is 1. The third-order valence-corrected chi connectivity index (χ3v) is 3.46. The highest BCUT2D eigenvalue weighted by Gasteiger charge is 2.12. The minimum Gasteiger partial charge on any atom is -0.493 e. The fourth-order valence-electron chi connectivity index (χ4n) is 2.29. The van der Waals surface area contributed by atoms with E-state index in [1.165, 1.54) is 4.90 Å². The lowest BCUT2D eigenvalue weighted by atomic mass is 10.1. The number of carbonyl (C=O) groups excluding carboxylic acids is 2. The molecule has 0 saturated carbocycles. The van der Waals surface area contributed by atoms with Crippen LogP contribution in [0.2, 0.25) is 0 Å². The molecule has 0 spiro atoms. The van der Waals surface area contributed by atoms with Gasteiger partial charge in [-0.2, -0.15) is 0 Å². The Hall–Kier alpha value is -2.82. The van der Waals surface area contributed by atoms with Crippen LogP contribution < -0.4 is 10.1 Å². The first-order valence-corrected chi connectivity index (χ1v) is 7.83. The summed E-state index contributed by atoms with van der Waals surface area (Å²) in [4.78, 5) is 25.9. The van der Waals surface area contributed by atoms with Gasteiger partial charge in [0, 0.05) is 26.2 Å². The van der Waals surface area contributed by atoms with Crippen molar-refractivity contribution in [3.05, 3.63) is 65.2 Å². The van der Waals surface area contributed by atoms with Crippen molar-refractivity contribution in [1.29, 1.82) is 0 Å². The van der Waals surface area contributed by atoms with Crippen LogP contribution in [0.4, 0.5) is 0 Å². The second-order valence-electron chi connectivity index (χ2n) is 5.51. The summed E-state index contributed by atoms with van der Waals surface area (Å²) in [6, 6.07) is 14.4. The van der Waals surface area contributed by atoms with E-state index in [1.807, 2.05) is 25.1 Å². The van der Waals surface area contributed by atoms with Gasteiger partial charge in [0.1, 0.15) is 5.75 Å². The summed E-state index contributed by atoms with van der Waals surface area (Å²) in [5, 5.41) is 2.87. The molecule has 5 nitrogen and oxygen atoms in total. The van der Waals surface area contributed by atoms with Gasteiger partial charge in [0.2, 0.25) is 0 Å². The van der Waals surface area contributed by atoms with Crippen LogP contribution >= 0.6 is 0 Å². The SMILES string of the molecule is CCOc1ccccc1C(=O)NCc1cccc(C(=O)N(C)C)c1. The molecular formula is C19H22N2O3. The van der Waals surface area contributed by atoms with Gasteiger partial charge in [-0.25, -0.2) is 0 Å². The summed E-state index contributed by atoms with van der Waals surface area (Å²) in [5.74, 6) is 0.294. The van der Waals surface area contributed by atoms with Crippen molar-refractivity contribution in [2.45, 2.75) is 13.5 Å². The van der Waals surface area contributed by atoms with Crippen molar-refractivity contribution in [2.24, 2.45) is 0 Å². The van der Waals surface area contributed by atoms with Gasteiger partial charge in [-0.15, -0.1) is 0 Å². The molecule has 0 fully saturated rings. The molecule has 0 saturated heterocycles. The number of nitrogens with zero attached hydrogens (tertiary/aromatic N) is 1. The molecule has 0 aromatic heterocycles. The Kier molecular flexibility index (Phi) is 5.95. The second kappa shape index (κ2) is 8.15. The molecule has 5 heteroatoms. The second-order valence-corrected chi connectivity index (χ2v) is 5.51. The normalized spacial score (nSPS) is 10.1. The van der Waals surface area contributed by atoms with Crippen molar-refractivity contribution in [2.75, 3.05) is 20.7 Å². The molecule has 2 aromatic rings. The Morgan fingerprint density at radius 2 is 1.83 bits per heavy atom. The summed E-state index contributed by atoms with van der Waals surface area (Å²) in [5.41, 5.74) is 1.96. The van der Waals surface area contributed by atoms with Crippen LogP contribution in [0.3, 0.4) is 0 Å². The summed E-state index contributed by atoms with van der Waals surface area (Å²) in [6.45, 7) is 2.72. The van der Waals surface area contributed by atoms with Crippen molar-refractivity contribution < 1.29 is 14.3 Å². The average molecular weight is 326 g/mol. The van der Waals surface area contributed by atoms with Crippen molar-refractivity contribution in [3.63, 3.8) is 0 Å². The molecule has 24 heavy (non-hydrogen) atoms. The Balaban J connectivity index is 2.07. The molecule has 2 aromatic carbocycles. The molecule has 126 valence electrons. The molecule has 1 N–H and O–H groups in total. The number of benzene rings is 2. The van der Waals surface area contributed by atoms with E-state index in [1.54, 1.807) is 44.4 Å². The minimum absolute atomic E-state index is 0.0649. The van der Waals surface area contributed by atoms with Gasteiger partial charge in [0.25, 0.3) is 11.8 Å². The van der Waals surface area contributed by atoms with E-state index in [9.17, 15) is 9.59 Å². The average Bonchev–Trinajstić information content (AvgIpc) is 2.60. The van der Waals surface area contributed by atoms with Gasteiger partial charge in [0.05, 0.1) is 12.2 Å². The lowest BCUT2D eigenvalue weighted by Crippen LogP contribution is -2.24. The van der Waals surface area contributed by atoms with Gasteiger partial charge in [0.15, 0.2) is 0 Å². The first-order valence-electron chi connectivity index (χ1n) is 7.83. The molecule has 0 aliphatic carbocycles. The van der Waals surface area contributed by atoms with Crippen LogP contribution in [-0.2, 0) is 6.54 Å². The van der Waals surface area contributed by atoms with E-state index >= 15 is 0 Å². The van der Waals surface area contributed by atoms with Crippen LogP contribution in [0.5, 0.6) is 5.75 Å². The predicted octanol–water partition coefficient (Wildman–Crippen LogP) is 2.72. The van der Waals surface area contributed by atoms with Gasteiger partial charge in [-0.1, -0.05) is 24.3 Å². The smallest absolute Gasteiger partial charge is 0.255 e. The summed E-state index contributed by atoms with van der Waals surface area (Å²) >= 11 is 0. The number of para-hydroxylation sites is 1. The Bertz CT molecular complexity index is 726. The van der Waals surface area contributed by atoms with Gasteiger partial charge in [-0.05, 0) is 36.8 Å². The van der Waals surface area contributed by atoms with E-state index < -0.39 is 0 Å². The zero-order valence-electron chi connectivity index (χ0n) is 14.2. The van der Waals surface area contributed by atoms with Crippen molar-refractivity contribution in [3.8, 4) is 5.75 Å². The van der Waals surface area contributed by atoms with Gasteiger partial charge < -0.3 is 15.0 Å². The maximum Gasteiger partial charge on any atom is 0.255 e. The molecule has 2 rings (SSSR count). The van der Waals surface area contributed by atoms with Crippen molar-refractivity contribution >= 4 is 11.8 Å². The Morgan fingerprint density at radius 3 is 2.54 bits per heavy atom. The zero-order chi connectivity index (χ0) is 17.5. The fourth-order valence-corrected chi connectivity index (χ4v) is 2.29. The Labute approximate surface area is 142 Å². The number of rotatable bonds is 6. The van der Waals surface area contributed by atoms with E-state index in [0.29, 0.717) is 30.0 Å². The highest BCUT2D eigenvalue weighted by Crippen LogP contribution is 2.18. The number of ether oxygens (including phenoxy) is 1. The molecule has 0 heterocycles. The maximum absolute atomic E-state index is 12.4. The molecule has 0 atom stereocenters. The van der Waals surface area contributed by atoms with Gasteiger partial charge in [-0.3, -0.25) is 9.59 Å². The number of hydrogen-bond donors (Lipinski definition) is 1. The monoisotopic (exact) mass is 326 g/mol. The number of amides is 2. The molecule has 0 aliphatic rings. The van der Waals surface area contributed by atoms with Crippen molar-refractivity contribution in [1.82, 2.24) is 10.2 Å². The highest BCUT2D eigenvalue weighted by molar-refractivity contribution is 5.97. The summed E-state index contributed by atoms with van der Waals surface area (Å²) in [6.07, 6.45) is 0. The quantitative estimate of drug-likeness (QED) is 0.888. The van der Waals surface area contributed by atoms with E-state index in [0.717, 1.165) is 5.56 Å². The zero-order valence-corrected chi connectivity index (χ0v) is 14.2. The topological polar surface area (TPSA) is 58.6 Å². The molecule has 0 unspecified atom stereocenters. The van der Waals surface area contributed by atoms with Crippen LogP contribution in [-0.4, -0.2) is 37.4 Å². The number of hydrogen-bond acceptors (Lipinski definition) is 3. The molecule has 0 bridgehead atoms. The van der Waals surface area contributed by atoms with Crippen LogP contribution in [0.1, 0.15) is 33.2 Å². The third kappa shape index (κ3) is 4.35. The maximum atomic E-state index is 12.4. The standard InChI is InChI=1S/C19H22N2O3/c1-4-24-17-11-6-5-10-16(17)18(22)20-13-14-8-7-9-15(12-14)19(23)21(2)3/h5-12H,4,13H2,1-3H3,(H,20,22). The first kappa shape index (κ1) is 17.5. The highest BCUT2D eigenvalue weighted by atomic mass is 16.5. The Morgan fingerprint density at radius 1 is 1.08 bits per heavy atom. The molecular weight excluding hydrogens is 304 g/mol. The fraction of sp³-hybridized carbons (Fsp3) is 0.263. The molecule has 2 amide bonds. The number of carbonyl (C=O) groups is 2. The van der Waals surface area contributed by atoms with Crippen LogP contribution in [0.15, 0.2) is 48.5 Å². The van der Waals surface area contributed by atoms with Gasteiger partial charge >= 0.3 is 0 Å². The molecule has 0 radical (unpaired) electrons. The van der Waals surface area contributed by atoms with E-state index in [2.05, 4.69) is 5.32 Å². The lowest BCUT2D eigenvalue weighted by molar-refractivity contribution is 0.0827.